The van der Waals surface area contributed by atoms with Crippen molar-refractivity contribution in [2.45, 2.75) is 89.3 Å². The Morgan fingerprint density at radius 1 is 1.24 bits per heavy atom. The molecular formula is C27H38FNO4S. The Hall–Kier alpha value is -1.83. The highest BCUT2D eigenvalue weighted by Gasteiger charge is 2.37. The Morgan fingerprint density at radius 2 is 1.94 bits per heavy atom. The fourth-order valence-corrected chi connectivity index (χ4v) is 5.07. The van der Waals surface area contributed by atoms with Crippen LogP contribution in [0.2, 0.25) is 0 Å². The maximum atomic E-state index is 13.2. The highest BCUT2D eigenvalue weighted by atomic mass is 32.2. The largest absolute Gasteiger partial charge is 0.474 e. The van der Waals surface area contributed by atoms with Gasteiger partial charge in [-0.25, -0.2) is 4.39 Å². The van der Waals surface area contributed by atoms with E-state index in [1.54, 1.807) is 12.1 Å². The zero-order chi connectivity index (χ0) is 24.9. The van der Waals surface area contributed by atoms with E-state index in [9.17, 15) is 9.18 Å². The molecule has 2 atom stereocenters. The van der Waals surface area contributed by atoms with Gasteiger partial charge in [0.25, 0.3) is 0 Å². The van der Waals surface area contributed by atoms with E-state index in [0.717, 1.165) is 42.8 Å². The minimum absolute atomic E-state index is 0.0797. The van der Waals surface area contributed by atoms with Gasteiger partial charge in [-0.15, -0.1) is 11.8 Å². The van der Waals surface area contributed by atoms with Gasteiger partial charge in [0.05, 0.1) is 10.9 Å². The standard InChI is InChI=1S/C27H38FNO4S/c1-7-19-17-32-23(29-25(30)27(5,6)34-21-13-11-20(28)12-14-21)16-22(19)26(3,4)18(2)33-24-10-8-9-15-31-24/h11-14,16,18,24H,7-10,15,17H2,1-6H3,(H,29,30). The average Bonchev–Trinajstić information content (AvgIpc) is 2.81. The zero-order valence-electron chi connectivity index (χ0n) is 21.2. The van der Waals surface area contributed by atoms with Crippen LogP contribution in [-0.4, -0.2) is 36.3 Å². The summed E-state index contributed by atoms with van der Waals surface area (Å²) in [6, 6.07) is 6.16. The van der Waals surface area contributed by atoms with E-state index >= 15 is 0 Å². The number of benzene rings is 1. The first-order chi connectivity index (χ1) is 16.0. The summed E-state index contributed by atoms with van der Waals surface area (Å²) in [5.74, 6) is -0.0291. The molecule has 2 aliphatic heterocycles. The molecule has 34 heavy (non-hydrogen) atoms. The number of carbonyl (C=O) groups is 1. The summed E-state index contributed by atoms with van der Waals surface area (Å²) in [6.45, 7) is 13.4. The van der Waals surface area contributed by atoms with Crippen LogP contribution in [0.3, 0.4) is 0 Å². The number of carbonyl (C=O) groups excluding carboxylic acids is 1. The molecule has 3 rings (SSSR count). The van der Waals surface area contributed by atoms with E-state index in [-0.39, 0.29) is 29.5 Å². The number of amides is 1. The first kappa shape index (κ1) is 26.8. The predicted octanol–water partition coefficient (Wildman–Crippen LogP) is 6.35. The predicted molar refractivity (Wildman–Crippen MR) is 134 cm³/mol. The maximum Gasteiger partial charge on any atom is 0.242 e. The fraction of sp³-hybridized carbons (Fsp3) is 0.593. The van der Waals surface area contributed by atoms with Crippen LogP contribution < -0.4 is 5.32 Å². The molecule has 0 aromatic heterocycles. The molecule has 1 fully saturated rings. The molecule has 188 valence electrons. The first-order valence-corrected chi connectivity index (χ1v) is 12.9. The molecule has 0 spiro atoms. The number of rotatable bonds is 9. The Kier molecular flexibility index (Phi) is 8.87. The van der Waals surface area contributed by atoms with Crippen molar-refractivity contribution in [1.82, 2.24) is 5.32 Å². The summed E-state index contributed by atoms with van der Waals surface area (Å²) in [6.07, 6.45) is 5.68. The molecular weight excluding hydrogens is 453 g/mol. The van der Waals surface area contributed by atoms with E-state index in [2.05, 4.69) is 33.0 Å². The minimum atomic E-state index is -0.777. The van der Waals surface area contributed by atoms with E-state index in [1.165, 1.54) is 29.5 Å². The second-order valence-corrected chi connectivity index (χ2v) is 11.7. The van der Waals surface area contributed by atoms with Crippen LogP contribution >= 0.6 is 11.8 Å². The fourth-order valence-electron chi connectivity index (χ4n) is 4.07. The third-order valence-corrected chi connectivity index (χ3v) is 7.86. The van der Waals surface area contributed by atoms with Crippen molar-refractivity contribution in [2.24, 2.45) is 5.41 Å². The number of allylic oxidation sites excluding steroid dienone is 1. The topological polar surface area (TPSA) is 56.8 Å². The lowest BCUT2D eigenvalue weighted by Gasteiger charge is -2.39. The van der Waals surface area contributed by atoms with Crippen molar-refractivity contribution in [3.05, 3.63) is 53.2 Å². The lowest BCUT2D eigenvalue weighted by molar-refractivity contribution is -0.200. The van der Waals surface area contributed by atoms with Crippen LogP contribution in [0.4, 0.5) is 4.39 Å². The first-order valence-electron chi connectivity index (χ1n) is 12.1. The summed E-state index contributed by atoms with van der Waals surface area (Å²) in [5, 5.41) is 2.96. The van der Waals surface area contributed by atoms with Crippen molar-refractivity contribution in [2.75, 3.05) is 13.2 Å². The SMILES string of the molecule is CCC1=C(C(C)(C)C(C)OC2CCCCO2)C=C(NC(=O)C(C)(C)Sc2ccc(F)cc2)OC1. The number of hydrogen-bond acceptors (Lipinski definition) is 5. The molecule has 1 aromatic rings. The minimum Gasteiger partial charge on any atom is -0.474 e. The molecule has 0 aliphatic carbocycles. The second-order valence-electron chi connectivity index (χ2n) is 9.98. The summed E-state index contributed by atoms with van der Waals surface area (Å²) in [7, 11) is 0. The van der Waals surface area contributed by atoms with Crippen molar-refractivity contribution in [3.63, 3.8) is 0 Å². The smallest absolute Gasteiger partial charge is 0.242 e. The maximum absolute atomic E-state index is 13.2. The summed E-state index contributed by atoms with van der Waals surface area (Å²) >= 11 is 1.38. The number of halogens is 1. The Labute approximate surface area is 207 Å². The van der Waals surface area contributed by atoms with Gasteiger partial charge >= 0.3 is 0 Å². The monoisotopic (exact) mass is 491 g/mol. The van der Waals surface area contributed by atoms with Crippen LogP contribution in [0.15, 0.2) is 52.3 Å². The Balaban J connectivity index is 1.73. The van der Waals surface area contributed by atoms with Crippen LogP contribution in [0, 0.1) is 11.2 Å². The number of thioether (sulfide) groups is 1. The van der Waals surface area contributed by atoms with Crippen molar-refractivity contribution < 1.29 is 23.4 Å². The van der Waals surface area contributed by atoms with Gasteiger partial charge in [0, 0.05) is 23.0 Å². The molecule has 1 amide bonds. The molecule has 1 aromatic carbocycles. The van der Waals surface area contributed by atoms with Crippen LogP contribution in [0.25, 0.3) is 0 Å². The van der Waals surface area contributed by atoms with Crippen LogP contribution in [0.5, 0.6) is 0 Å². The molecule has 2 unspecified atom stereocenters. The Morgan fingerprint density at radius 3 is 2.56 bits per heavy atom. The molecule has 5 nitrogen and oxygen atoms in total. The highest BCUT2D eigenvalue weighted by Crippen LogP contribution is 2.40. The van der Waals surface area contributed by atoms with Gasteiger partial charge in [-0.2, -0.15) is 0 Å². The van der Waals surface area contributed by atoms with Gasteiger partial charge in [0.15, 0.2) is 12.2 Å². The molecule has 7 heteroatoms. The van der Waals surface area contributed by atoms with E-state index in [4.69, 9.17) is 14.2 Å². The molecule has 0 bridgehead atoms. The lowest BCUT2D eigenvalue weighted by Crippen LogP contribution is -2.41. The summed E-state index contributed by atoms with van der Waals surface area (Å²) in [4.78, 5) is 13.9. The molecule has 0 saturated carbocycles. The van der Waals surface area contributed by atoms with Gasteiger partial charge in [-0.05, 0) is 81.9 Å². The van der Waals surface area contributed by atoms with Crippen LogP contribution in [-0.2, 0) is 19.0 Å². The average molecular weight is 492 g/mol. The lowest BCUT2D eigenvalue weighted by atomic mass is 9.76. The number of nitrogens with one attached hydrogen (secondary N) is 1. The van der Waals surface area contributed by atoms with E-state index in [1.807, 2.05) is 19.9 Å². The number of ether oxygens (including phenoxy) is 3. The van der Waals surface area contributed by atoms with Crippen molar-refractivity contribution >= 4 is 17.7 Å². The molecule has 1 saturated heterocycles. The van der Waals surface area contributed by atoms with Crippen molar-refractivity contribution in [3.8, 4) is 0 Å². The van der Waals surface area contributed by atoms with Gasteiger partial charge in [-0.1, -0.05) is 20.8 Å². The van der Waals surface area contributed by atoms with Crippen LogP contribution in [0.1, 0.15) is 67.2 Å². The Bertz CT molecular complexity index is 917. The molecule has 2 aliphatic rings. The van der Waals surface area contributed by atoms with E-state index < -0.39 is 4.75 Å². The highest BCUT2D eigenvalue weighted by molar-refractivity contribution is 8.01. The van der Waals surface area contributed by atoms with Gasteiger partial charge in [0.1, 0.15) is 12.4 Å². The second kappa shape index (κ2) is 11.3. The van der Waals surface area contributed by atoms with E-state index in [0.29, 0.717) is 12.5 Å². The third-order valence-electron chi connectivity index (χ3n) is 6.66. The quantitative estimate of drug-likeness (QED) is 0.408. The molecule has 1 N–H and O–H groups in total. The van der Waals surface area contributed by atoms with Gasteiger partial charge in [-0.3, -0.25) is 10.1 Å². The third kappa shape index (κ3) is 6.64. The summed E-state index contributed by atoms with van der Waals surface area (Å²) in [5.41, 5.74) is 2.02. The summed E-state index contributed by atoms with van der Waals surface area (Å²) < 4.78 is 30.5. The van der Waals surface area contributed by atoms with Gasteiger partial charge in [0.2, 0.25) is 5.91 Å². The molecule has 2 heterocycles. The van der Waals surface area contributed by atoms with Crippen molar-refractivity contribution in [1.29, 1.82) is 0 Å². The zero-order valence-corrected chi connectivity index (χ0v) is 22.0. The van der Waals surface area contributed by atoms with Gasteiger partial charge < -0.3 is 14.2 Å². The molecule has 0 radical (unpaired) electrons. The normalized spacial score (nSPS) is 20.4. The number of hydrogen-bond donors (Lipinski definition) is 1.